The van der Waals surface area contributed by atoms with Crippen LogP contribution in [0.15, 0.2) is 67.1 Å². The number of pyridine rings is 1. The van der Waals surface area contributed by atoms with E-state index in [-0.39, 0.29) is 0 Å². The second-order valence-electron chi connectivity index (χ2n) is 6.56. The van der Waals surface area contributed by atoms with Crippen molar-refractivity contribution in [3.05, 3.63) is 72.8 Å². The third kappa shape index (κ3) is 3.60. The van der Waals surface area contributed by atoms with Gasteiger partial charge in [-0.3, -0.25) is 4.98 Å². The van der Waals surface area contributed by atoms with Gasteiger partial charge in [0.1, 0.15) is 5.82 Å². The van der Waals surface area contributed by atoms with Gasteiger partial charge in [-0.15, -0.1) is 0 Å². The lowest BCUT2D eigenvalue weighted by Crippen LogP contribution is -2.10. The predicted octanol–water partition coefficient (Wildman–Crippen LogP) is 3.51. The van der Waals surface area contributed by atoms with Gasteiger partial charge in [0.15, 0.2) is 5.65 Å². The van der Waals surface area contributed by atoms with Gasteiger partial charge in [-0.2, -0.15) is 9.61 Å². The quantitative estimate of drug-likeness (QED) is 0.572. The Hall–Kier alpha value is -3.41. The van der Waals surface area contributed by atoms with E-state index < -0.39 is 0 Å². The average Bonchev–Trinajstić information content (AvgIpc) is 3.14. The van der Waals surface area contributed by atoms with Crippen molar-refractivity contribution in [1.82, 2.24) is 19.6 Å². The van der Waals surface area contributed by atoms with Crippen LogP contribution in [0.2, 0.25) is 0 Å². The number of nitrogens with one attached hydrogen (secondary N) is 1. The van der Waals surface area contributed by atoms with Crippen LogP contribution in [-0.2, 0) is 6.42 Å². The molecule has 136 valence electrons. The van der Waals surface area contributed by atoms with Crippen LogP contribution < -0.4 is 10.2 Å². The molecular formula is C21H22N6. The topological polar surface area (TPSA) is 58.4 Å². The van der Waals surface area contributed by atoms with Crippen LogP contribution in [-0.4, -0.2) is 40.2 Å². The van der Waals surface area contributed by atoms with Crippen molar-refractivity contribution in [2.24, 2.45) is 0 Å². The summed E-state index contributed by atoms with van der Waals surface area (Å²) in [6.45, 7) is 0.781. The Balaban J connectivity index is 1.56. The highest BCUT2D eigenvalue weighted by Gasteiger charge is 2.10. The molecule has 0 amide bonds. The number of nitrogens with zero attached hydrogens (tertiary/aromatic N) is 5. The van der Waals surface area contributed by atoms with E-state index in [1.54, 1.807) is 0 Å². The van der Waals surface area contributed by atoms with E-state index in [4.69, 9.17) is 0 Å². The number of fused-ring (bicyclic) bond motifs is 1. The number of rotatable bonds is 6. The Kier molecular flexibility index (Phi) is 4.70. The van der Waals surface area contributed by atoms with Crippen molar-refractivity contribution >= 4 is 17.2 Å². The standard InChI is InChI=1S/C21H22N6/c1-26(2)18-8-6-16(7-9-18)19-15-25-27-20(11-14-24-21(19)27)23-13-10-17-5-3-4-12-22-17/h3-9,11-12,14-15,23H,10,13H2,1-2H3. The third-order valence-corrected chi connectivity index (χ3v) is 4.51. The van der Waals surface area contributed by atoms with Crippen LogP contribution in [0.25, 0.3) is 16.8 Å². The van der Waals surface area contributed by atoms with E-state index >= 15 is 0 Å². The van der Waals surface area contributed by atoms with Crippen molar-refractivity contribution in [3.63, 3.8) is 0 Å². The molecule has 4 aromatic rings. The lowest BCUT2D eigenvalue weighted by atomic mass is 10.1. The zero-order valence-electron chi connectivity index (χ0n) is 15.5. The summed E-state index contributed by atoms with van der Waals surface area (Å²) in [5, 5.41) is 7.98. The van der Waals surface area contributed by atoms with Gasteiger partial charge in [0.2, 0.25) is 0 Å². The second-order valence-corrected chi connectivity index (χ2v) is 6.56. The first kappa shape index (κ1) is 17.0. The Labute approximate surface area is 158 Å². The van der Waals surface area contributed by atoms with E-state index in [1.165, 1.54) is 5.69 Å². The number of hydrogen-bond donors (Lipinski definition) is 1. The largest absolute Gasteiger partial charge is 0.378 e. The number of hydrogen-bond acceptors (Lipinski definition) is 5. The third-order valence-electron chi connectivity index (χ3n) is 4.51. The first-order valence-corrected chi connectivity index (χ1v) is 8.96. The molecule has 0 unspecified atom stereocenters. The summed E-state index contributed by atoms with van der Waals surface area (Å²) < 4.78 is 1.85. The van der Waals surface area contributed by atoms with Gasteiger partial charge in [0.25, 0.3) is 0 Å². The van der Waals surface area contributed by atoms with Gasteiger partial charge < -0.3 is 10.2 Å². The Bertz CT molecular complexity index is 1020. The first-order chi connectivity index (χ1) is 13.2. The van der Waals surface area contributed by atoms with Gasteiger partial charge >= 0.3 is 0 Å². The molecule has 0 aliphatic heterocycles. The van der Waals surface area contributed by atoms with E-state index in [0.717, 1.165) is 41.3 Å². The predicted molar refractivity (Wildman–Crippen MR) is 109 cm³/mol. The fourth-order valence-electron chi connectivity index (χ4n) is 3.03. The molecule has 0 radical (unpaired) electrons. The smallest absolute Gasteiger partial charge is 0.165 e. The van der Waals surface area contributed by atoms with E-state index in [2.05, 4.69) is 49.5 Å². The molecule has 1 N–H and O–H groups in total. The maximum absolute atomic E-state index is 4.54. The molecule has 0 aliphatic carbocycles. The molecule has 0 fully saturated rings. The van der Waals surface area contributed by atoms with Crippen LogP contribution in [0, 0.1) is 0 Å². The monoisotopic (exact) mass is 358 g/mol. The summed E-state index contributed by atoms with van der Waals surface area (Å²) in [6.07, 6.45) is 6.36. The number of aromatic nitrogens is 4. The zero-order valence-corrected chi connectivity index (χ0v) is 15.5. The SMILES string of the molecule is CN(C)c1ccc(-c2cnn3c(NCCc4ccccn4)ccnc23)cc1. The molecule has 6 heteroatoms. The molecule has 0 aliphatic rings. The minimum atomic E-state index is 0.781. The maximum atomic E-state index is 4.54. The molecule has 1 aromatic carbocycles. The van der Waals surface area contributed by atoms with Crippen LogP contribution in [0.4, 0.5) is 11.5 Å². The molecule has 27 heavy (non-hydrogen) atoms. The van der Waals surface area contributed by atoms with Crippen molar-refractivity contribution in [3.8, 4) is 11.1 Å². The molecule has 0 spiro atoms. The van der Waals surface area contributed by atoms with Crippen molar-refractivity contribution in [1.29, 1.82) is 0 Å². The highest BCUT2D eigenvalue weighted by molar-refractivity contribution is 5.78. The van der Waals surface area contributed by atoms with Gasteiger partial charge in [-0.1, -0.05) is 18.2 Å². The molecule has 4 rings (SSSR count). The van der Waals surface area contributed by atoms with Crippen LogP contribution in [0.1, 0.15) is 5.69 Å². The van der Waals surface area contributed by atoms with Crippen LogP contribution >= 0.6 is 0 Å². The van der Waals surface area contributed by atoms with Crippen molar-refractivity contribution in [2.45, 2.75) is 6.42 Å². The molecule has 3 heterocycles. The molecular weight excluding hydrogens is 336 g/mol. The molecule has 6 nitrogen and oxygen atoms in total. The Morgan fingerprint density at radius 2 is 1.81 bits per heavy atom. The fourth-order valence-corrected chi connectivity index (χ4v) is 3.03. The maximum Gasteiger partial charge on any atom is 0.165 e. The normalized spacial score (nSPS) is 10.9. The zero-order chi connectivity index (χ0) is 18.6. The summed E-state index contributed by atoms with van der Waals surface area (Å²) in [7, 11) is 4.07. The lowest BCUT2D eigenvalue weighted by Gasteiger charge is -2.12. The van der Waals surface area contributed by atoms with Crippen LogP contribution in [0.3, 0.4) is 0 Å². The van der Waals surface area contributed by atoms with Crippen molar-refractivity contribution in [2.75, 3.05) is 30.9 Å². The summed E-state index contributed by atoms with van der Waals surface area (Å²) in [5.74, 6) is 0.923. The molecule has 0 saturated heterocycles. The summed E-state index contributed by atoms with van der Waals surface area (Å²) >= 11 is 0. The fraction of sp³-hybridized carbons (Fsp3) is 0.190. The van der Waals surface area contributed by atoms with Crippen molar-refractivity contribution < 1.29 is 0 Å². The average molecular weight is 358 g/mol. The summed E-state index contributed by atoms with van der Waals surface area (Å²) in [6, 6.07) is 16.3. The highest BCUT2D eigenvalue weighted by Crippen LogP contribution is 2.26. The minimum absolute atomic E-state index is 0.781. The second kappa shape index (κ2) is 7.45. The first-order valence-electron chi connectivity index (χ1n) is 8.96. The Morgan fingerprint density at radius 1 is 0.963 bits per heavy atom. The number of anilines is 2. The molecule has 3 aromatic heterocycles. The summed E-state index contributed by atoms with van der Waals surface area (Å²) in [5.41, 5.74) is 5.20. The Morgan fingerprint density at radius 3 is 2.56 bits per heavy atom. The molecule has 0 saturated carbocycles. The highest BCUT2D eigenvalue weighted by atomic mass is 15.3. The van der Waals surface area contributed by atoms with Crippen LogP contribution in [0.5, 0.6) is 0 Å². The minimum Gasteiger partial charge on any atom is -0.378 e. The summed E-state index contributed by atoms with van der Waals surface area (Å²) in [4.78, 5) is 11.0. The molecule has 0 atom stereocenters. The van der Waals surface area contributed by atoms with Gasteiger partial charge in [-0.25, -0.2) is 4.98 Å². The van der Waals surface area contributed by atoms with E-state index in [1.807, 2.05) is 61.5 Å². The molecule has 0 bridgehead atoms. The number of benzene rings is 1. The lowest BCUT2D eigenvalue weighted by molar-refractivity contribution is 0.901. The van der Waals surface area contributed by atoms with E-state index in [9.17, 15) is 0 Å². The van der Waals surface area contributed by atoms with Gasteiger partial charge in [0, 0.05) is 56.4 Å². The van der Waals surface area contributed by atoms with Gasteiger partial charge in [0.05, 0.1) is 6.20 Å². The van der Waals surface area contributed by atoms with Gasteiger partial charge in [-0.05, 0) is 35.9 Å². The van der Waals surface area contributed by atoms with E-state index in [0.29, 0.717) is 0 Å².